The molecule has 0 aliphatic heterocycles. The Kier molecular flexibility index (Phi) is 4.30. The Morgan fingerprint density at radius 3 is 2.89 bits per heavy atom. The van der Waals surface area contributed by atoms with Crippen molar-refractivity contribution in [2.75, 3.05) is 6.61 Å². The van der Waals surface area contributed by atoms with Gasteiger partial charge in [-0.2, -0.15) is 5.10 Å². The molecule has 2 rings (SSSR count). The summed E-state index contributed by atoms with van der Waals surface area (Å²) in [6, 6.07) is 0. The molecule has 0 unspecified atom stereocenters. The van der Waals surface area contributed by atoms with E-state index in [0.717, 1.165) is 9.88 Å². The molecular weight excluding hydrogens is 288 g/mol. The van der Waals surface area contributed by atoms with Crippen LogP contribution in [0, 0.1) is 6.92 Å². The van der Waals surface area contributed by atoms with Crippen molar-refractivity contribution >= 4 is 21.4 Å². The van der Waals surface area contributed by atoms with E-state index in [9.17, 15) is 8.42 Å². The van der Waals surface area contributed by atoms with Gasteiger partial charge in [0, 0.05) is 23.8 Å². The lowest BCUT2D eigenvalue weighted by Gasteiger charge is -2.02. The molecule has 7 nitrogen and oxygen atoms in total. The van der Waals surface area contributed by atoms with Crippen molar-refractivity contribution in [3.63, 3.8) is 0 Å². The van der Waals surface area contributed by atoms with Crippen molar-refractivity contribution in [3.8, 4) is 0 Å². The minimum absolute atomic E-state index is 0.0854. The fourth-order valence-electron chi connectivity index (χ4n) is 1.44. The Morgan fingerprint density at radius 1 is 1.47 bits per heavy atom. The van der Waals surface area contributed by atoms with Gasteiger partial charge in [-0.3, -0.25) is 4.68 Å². The average Bonchev–Trinajstić information content (AvgIpc) is 2.97. The van der Waals surface area contributed by atoms with E-state index >= 15 is 0 Å². The molecule has 0 fully saturated rings. The molecule has 0 amide bonds. The fourth-order valence-corrected chi connectivity index (χ4v) is 3.23. The SMILES string of the molecule is Cc1ncc(CNS(=O)(=O)c2cnn(CCO)c2)s1. The Morgan fingerprint density at radius 2 is 2.26 bits per heavy atom. The van der Waals surface area contributed by atoms with Gasteiger partial charge < -0.3 is 5.11 Å². The molecule has 2 N–H and O–H groups in total. The maximum absolute atomic E-state index is 12.0. The Hall–Kier alpha value is -1.29. The zero-order valence-corrected chi connectivity index (χ0v) is 11.9. The summed E-state index contributed by atoms with van der Waals surface area (Å²) in [5.74, 6) is 0. The summed E-state index contributed by atoms with van der Waals surface area (Å²) in [4.78, 5) is 4.99. The first-order valence-electron chi connectivity index (χ1n) is 5.55. The molecule has 9 heteroatoms. The lowest BCUT2D eigenvalue weighted by atomic mass is 10.6. The zero-order chi connectivity index (χ0) is 13.9. The Balaban J connectivity index is 2.04. The second kappa shape index (κ2) is 5.78. The van der Waals surface area contributed by atoms with Crippen molar-refractivity contribution in [3.05, 3.63) is 28.5 Å². The molecular formula is C10H14N4O3S2. The number of aromatic nitrogens is 3. The normalized spacial score (nSPS) is 11.9. The number of aliphatic hydroxyl groups excluding tert-OH is 1. The van der Waals surface area contributed by atoms with Crippen LogP contribution in [0.25, 0.3) is 0 Å². The standard InChI is InChI=1S/C10H14N4O3S2/c1-8-11-4-9(18-8)5-13-19(16,17)10-6-12-14(7-10)2-3-15/h4,6-7,13,15H,2-3,5H2,1H3. The monoisotopic (exact) mass is 302 g/mol. The van der Waals surface area contributed by atoms with Crippen molar-refractivity contribution in [2.45, 2.75) is 24.9 Å². The summed E-state index contributed by atoms with van der Waals surface area (Å²) < 4.78 is 27.8. The van der Waals surface area contributed by atoms with Crippen LogP contribution >= 0.6 is 11.3 Å². The zero-order valence-electron chi connectivity index (χ0n) is 10.3. The van der Waals surface area contributed by atoms with E-state index in [2.05, 4.69) is 14.8 Å². The maximum atomic E-state index is 12.0. The second-order valence-electron chi connectivity index (χ2n) is 3.83. The van der Waals surface area contributed by atoms with Crippen LogP contribution in [0.4, 0.5) is 0 Å². The number of hydrogen-bond acceptors (Lipinski definition) is 6. The first-order chi connectivity index (χ1) is 9.01. The van der Waals surface area contributed by atoms with E-state index in [-0.39, 0.29) is 24.6 Å². The summed E-state index contributed by atoms with van der Waals surface area (Å²) in [6.45, 7) is 2.25. The molecule has 0 bridgehead atoms. The lowest BCUT2D eigenvalue weighted by molar-refractivity contribution is 0.269. The highest BCUT2D eigenvalue weighted by Crippen LogP contribution is 2.13. The van der Waals surface area contributed by atoms with Gasteiger partial charge in [0.1, 0.15) is 4.90 Å². The van der Waals surface area contributed by atoms with E-state index in [4.69, 9.17) is 5.11 Å². The van der Waals surface area contributed by atoms with Gasteiger partial charge in [-0.1, -0.05) is 0 Å². The van der Waals surface area contributed by atoms with E-state index in [0.29, 0.717) is 0 Å². The Labute approximate surface area is 115 Å². The summed E-state index contributed by atoms with van der Waals surface area (Å²) in [6.07, 6.45) is 4.30. The Bertz CT molecular complexity index is 647. The minimum atomic E-state index is -3.58. The molecule has 0 aromatic carbocycles. The molecule has 0 aliphatic carbocycles. The molecule has 2 aromatic rings. The number of thiazole rings is 1. The number of nitrogens with zero attached hydrogens (tertiary/aromatic N) is 3. The van der Waals surface area contributed by atoms with Crippen LogP contribution in [0.3, 0.4) is 0 Å². The largest absolute Gasteiger partial charge is 0.394 e. The van der Waals surface area contributed by atoms with Gasteiger partial charge in [-0.15, -0.1) is 11.3 Å². The predicted octanol–water partition coefficient (Wildman–Crippen LogP) is 0.119. The van der Waals surface area contributed by atoms with E-state index in [1.165, 1.54) is 28.4 Å². The molecule has 0 aliphatic rings. The first-order valence-corrected chi connectivity index (χ1v) is 7.85. The maximum Gasteiger partial charge on any atom is 0.244 e. The van der Waals surface area contributed by atoms with Crippen LogP contribution in [0.15, 0.2) is 23.5 Å². The topological polar surface area (TPSA) is 97.1 Å². The van der Waals surface area contributed by atoms with Crippen molar-refractivity contribution in [1.82, 2.24) is 19.5 Å². The quantitative estimate of drug-likeness (QED) is 0.790. The van der Waals surface area contributed by atoms with Gasteiger partial charge >= 0.3 is 0 Å². The molecule has 104 valence electrons. The van der Waals surface area contributed by atoms with Crippen LogP contribution in [0.2, 0.25) is 0 Å². The van der Waals surface area contributed by atoms with Gasteiger partial charge in [-0.25, -0.2) is 18.1 Å². The lowest BCUT2D eigenvalue weighted by Crippen LogP contribution is -2.22. The summed E-state index contributed by atoms with van der Waals surface area (Å²) in [5.41, 5.74) is 0. The molecule has 0 atom stereocenters. The average molecular weight is 302 g/mol. The van der Waals surface area contributed by atoms with Crippen LogP contribution in [0.5, 0.6) is 0 Å². The number of nitrogens with one attached hydrogen (secondary N) is 1. The van der Waals surface area contributed by atoms with E-state index < -0.39 is 10.0 Å². The van der Waals surface area contributed by atoms with Crippen LogP contribution in [-0.4, -0.2) is 34.9 Å². The van der Waals surface area contributed by atoms with E-state index in [1.54, 1.807) is 6.20 Å². The molecule has 0 saturated heterocycles. The van der Waals surface area contributed by atoms with Gasteiger partial charge in [0.2, 0.25) is 10.0 Å². The van der Waals surface area contributed by atoms with E-state index in [1.807, 2.05) is 6.92 Å². The summed E-state index contributed by atoms with van der Waals surface area (Å²) in [7, 11) is -3.58. The number of aliphatic hydroxyl groups is 1. The van der Waals surface area contributed by atoms with Gasteiger partial charge in [0.15, 0.2) is 0 Å². The molecule has 0 spiro atoms. The molecule has 0 radical (unpaired) electrons. The molecule has 0 saturated carbocycles. The highest BCUT2D eigenvalue weighted by molar-refractivity contribution is 7.89. The number of hydrogen-bond donors (Lipinski definition) is 2. The third kappa shape index (κ3) is 3.60. The van der Waals surface area contributed by atoms with Crippen LogP contribution < -0.4 is 4.72 Å². The van der Waals surface area contributed by atoms with Gasteiger partial charge in [0.25, 0.3) is 0 Å². The second-order valence-corrected chi connectivity index (χ2v) is 6.92. The van der Waals surface area contributed by atoms with Crippen LogP contribution in [-0.2, 0) is 23.1 Å². The van der Waals surface area contributed by atoms with Crippen molar-refractivity contribution < 1.29 is 13.5 Å². The van der Waals surface area contributed by atoms with Crippen molar-refractivity contribution in [1.29, 1.82) is 0 Å². The number of sulfonamides is 1. The highest BCUT2D eigenvalue weighted by atomic mass is 32.2. The minimum Gasteiger partial charge on any atom is -0.394 e. The number of aryl methyl sites for hydroxylation is 1. The highest BCUT2D eigenvalue weighted by Gasteiger charge is 2.16. The van der Waals surface area contributed by atoms with Crippen molar-refractivity contribution in [2.24, 2.45) is 0 Å². The summed E-state index contributed by atoms with van der Waals surface area (Å²) >= 11 is 1.45. The fraction of sp³-hybridized carbons (Fsp3) is 0.400. The molecule has 2 heterocycles. The third-order valence-corrected chi connectivity index (χ3v) is 4.62. The van der Waals surface area contributed by atoms with Crippen LogP contribution in [0.1, 0.15) is 9.88 Å². The summed E-state index contributed by atoms with van der Waals surface area (Å²) in [5, 5.41) is 13.5. The third-order valence-electron chi connectivity index (χ3n) is 2.35. The number of rotatable bonds is 6. The first kappa shape index (κ1) is 14.1. The predicted molar refractivity (Wildman–Crippen MR) is 70.2 cm³/mol. The van der Waals surface area contributed by atoms with Gasteiger partial charge in [0.05, 0.1) is 24.4 Å². The molecule has 2 aromatic heterocycles. The molecule has 19 heavy (non-hydrogen) atoms. The smallest absolute Gasteiger partial charge is 0.244 e. The van der Waals surface area contributed by atoms with Gasteiger partial charge in [-0.05, 0) is 6.92 Å².